The van der Waals surface area contributed by atoms with Crippen molar-refractivity contribution in [2.45, 2.75) is 20.3 Å². The summed E-state index contributed by atoms with van der Waals surface area (Å²) in [6.45, 7) is 4.61. The van der Waals surface area contributed by atoms with Crippen molar-refractivity contribution in [1.29, 1.82) is 0 Å². The fourth-order valence-corrected chi connectivity index (χ4v) is 1.56. The molecule has 0 aliphatic heterocycles. The summed E-state index contributed by atoms with van der Waals surface area (Å²) in [7, 11) is 0. The Kier molecular flexibility index (Phi) is 4.63. The van der Waals surface area contributed by atoms with Gasteiger partial charge in [-0.2, -0.15) is 0 Å². The Balaban J connectivity index is 3.01. The smallest absolute Gasteiger partial charge is 0.177 e. The SMILES string of the molecule is CCOc1ccc(C(=O)CCl)cc1CC. The van der Waals surface area contributed by atoms with Crippen LogP contribution >= 0.6 is 11.6 Å². The number of carbonyl (C=O) groups excluding carboxylic acids is 1. The highest BCUT2D eigenvalue weighted by Crippen LogP contribution is 2.21. The zero-order valence-electron chi connectivity index (χ0n) is 9.05. The van der Waals surface area contributed by atoms with Crippen molar-refractivity contribution < 1.29 is 9.53 Å². The van der Waals surface area contributed by atoms with Crippen LogP contribution < -0.4 is 4.74 Å². The molecule has 82 valence electrons. The molecule has 0 aliphatic rings. The van der Waals surface area contributed by atoms with Gasteiger partial charge in [-0.05, 0) is 37.1 Å². The van der Waals surface area contributed by atoms with E-state index >= 15 is 0 Å². The maximum Gasteiger partial charge on any atom is 0.177 e. The highest BCUT2D eigenvalue weighted by molar-refractivity contribution is 6.30. The molecule has 0 aromatic heterocycles. The van der Waals surface area contributed by atoms with Crippen LogP contribution in [0.3, 0.4) is 0 Å². The van der Waals surface area contributed by atoms with Crippen molar-refractivity contribution in [3.63, 3.8) is 0 Å². The van der Waals surface area contributed by atoms with Gasteiger partial charge in [0.15, 0.2) is 5.78 Å². The maximum absolute atomic E-state index is 11.4. The first kappa shape index (κ1) is 12.1. The number of hydrogen-bond acceptors (Lipinski definition) is 2. The quantitative estimate of drug-likeness (QED) is 0.570. The topological polar surface area (TPSA) is 26.3 Å². The molecule has 0 fully saturated rings. The van der Waals surface area contributed by atoms with Crippen LogP contribution in [0.15, 0.2) is 18.2 Å². The normalized spacial score (nSPS) is 10.1. The van der Waals surface area contributed by atoms with Gasteiger partial charge in [-0.25, -0.2) is 0 Å². The number of rotatable bonds is 5. The molecule has 0 bridgehead atoms. The lowest BCUT2D eigenvalue weighted by molar-refractivity contribution is 0.102. The molecule has 0 N–H and O–H groups in total. The lowest BCUT2D eigenvalue weighted by atomic mass is 10.1. The van der Waals surface area contributed by atoms with E-state index < -0.39 is 0 Å². The van der Waals surface area contributed by atoms with Crippen LogP contribution in [0, 0.1) is 0 Å². The molecule has 0 amide bonds. The van der Waals surface area contributed by atoms with Crippen molar-refractivity contribution in [1.82, 2.24) is 0 Å². The van der Waals surface area contributed by atoms with E-state index in [1.165, 1.54) is 0 Å². The number of hydrogen-bond donors (Lipinski definition) is 0. The van der Waals surface area contributed by atoms with E-state index in [0.29, 0.717) is 12.2 Å². The Morgan fingerprint density at radius 2 is 2.13 bits per heavy atom. The standard InChI is InChI=1S/C12H15ClO2/c1-3-9-7-10(11(14)8-13)5-6-12(9)15-4-2/h5-7H,3-4,8H2,1-2H3. The molecule has 0 unspecified atom stereocenters. The van der Waals surface area contributed by atoms with Gasteiger partial charge >= 0.3 is 0 Å². The fraction of sp³-hybridized carbons (Fsp3) is 0.417. The number of ether oxygens (including phenoxy) is 1. The number of halogens is 1. The number of ketones is 1. The first-order valence-electron chi connectivity index (χ1n) is 5.07. The largest absolute Gasteiger partial charge is 0.494 e. The molecule has 0 aliphatic carbocycles. The lowest BCUT2D eigenvalue weighted by Crippen LogP contribution is -2.03. The van der Waals surface area contributed by atoms with Gasteiger partial charge in [-0.15, -0.1) is 11.6 Å². The average Bonchev–Trinajstić information content (AvgIpc) is 2.29. The third-order valence-corrected chi connectivity index (χ3v) is 2.43. The van der Waals surface area contributed by atoms with Crippen LogP contribution in [0.4, 0.5) is 0 Å². The number of alkyl halides is 1. The Labute approximate surface area is 95.2 Å². The van der Waals surface area contributed by atoms with E-state index in [0.717, 1.165) is 17.7 Å². The first-order chi connectivity index (χ1) is 7.22. The van der Waals surface area contributed by atoms with Crippen molar-refractivity contribution >= 4 is 17.4 Å². The highest BCUT2D eigenvalue weighted by Gasteiger charge is 2.08. The second-order valence-corrected chi connectivity index (χ2v) is 3.43. The molecule has 0 spiro atoms. The molecule has 3 heteroatoms. The Morgan fingerprint density at radius 1 is 1.40 bits per heavy atom. The minimum absolute atomic E-state index is 0.0249. The zero-order chi connectivity index (χ0) is 11.3. The maximum atomic E-state index is 11.4. The monoisotopic (exact) mass is 226 g/mol. The summed E-state index contributed by atoms with van der Waals surface area (Å²) in [6, 6.07) is 5.45. The first-order valence-corrected chi connectivity index (χ1v) is 5.61. The third-order valence-electron chi connectivity index (χ3n) is 2.18. The summed E-state index contributed by atoms with van der Waals surface area (Å²) in [4.78, 5) is 11.4. The van der Waals surface area contributed by atoms with E-state index in [4.69, 9.17) is 16.3 Å². The van der Waals surface area contributed by atoms with Crippen LogP contribution in [0.25, 0.3) is 0 Å². The van der Waals surface area contributed by atoms with E-state index in [2.05, 4.69) is 0 Å². The molecule has 0 radical (unpaired) electrons. The van der Waals surface area contributed by atoms with Crippen molar-refractivity contribution in [2.75, 3.05) is 12.5 Å². The predicted molar refractivity (Wildman–Crippen MR) is 62.0 cm³/mol. The molecule has 2 nitrogen and oxygen atoms in total. The summed E-state index contributed by atoms with van der Waals surface area (Å²) < 4.78 is 5.45. The summed E-state index contributed by atoms with van der Waals surface area (Å²) in [5, 5.41) is 0. The van der Waals surface area contributed by atoms with Crippen molar-refractivity contribution in [3.05, 3.63) is 29.3 Å². The Morgan fingerprint density at radius 3 is 2.67 bits per heavy atom. The van der Waals surface area contributed by atoms with Gasteiger partial charge in [0.2, 0.25) is 0 Å². The highest BCUT2D eigenvalue weighted by atomic mass is 35.5. The van der Waals surface area contributed by atoms with Gasteiger partial charge in [-0.1, -0.05) is 6.92 Å². The van der Waals surface area contributed by atoms with Gasteiger partial charge in [0.05, 0.1) is 12.5 Å². The second-order valence-electron chi connectivity index (χ2n) is 3.17. The summed E-state index contributed by atoms with van der Waals surface area (Å²) in [5.41, 5.74) is 1.71. The zero-order valence-corrected chi connectivity index (χ0v) is 9.80. The van der Waals surface area contributed by atoms with Crippen LogP contribution in [0.5, 0.6) is 5.75 Å². The molecular formula is C12H15ClO2. The molecular weight excluding hydrogens is 212 g/mol. The van der Waals surface area contributed by atoms with Gasteiger partial charge in [0.1, 0.15) is 5.75 Å². The minimum atomic E-state index is -0.0468. The van der Waals surface area contributed by atoms with Crippen LogP contribution in [-0.2, 0) is 6.42 Å². The van der Waals surface area contributed by atoms with Gasteiger partial charge < -0.3 is 4.74 Å². The van der Waals surface area contributed by atoms with E-state index in [1.54, 1.807) is 6.07 Å². The summed E-state index contributed by atoms with van der Waals surface area (Å²) in [5.74, 6) is 0.831. The van der Waals surface area contributed by atoms with Crippen molar-refractivity contribution in [3.8, 4) is 5.75 Å². The third kappa shape index (κ3) is 2.96. The number of benzene rings is 1. The van der Waals surface area contributed by atoms with Crippen molar-refractivity contribution in [2.24, 2.45) is 0 Å². The van der Waals surface area contributed by atoms with Crippen LogP contribution in [0.2, 0.25) is 0 Å². The lowest BCUT2D eigenvalue weighted by Gasteiger charge is -2.09. The molecule has 0 saturated heterocycles. The molecule has 1 rings (SSSR count). The van der Waals surface area contributed by atoms with E-state index in [9.17, 15) is 4.79 Å². The number of carbonyl (C=O) groups is 1. The number of Topliss-reactive ketones (excluding diaryl/α,β-unsaturated/α-hetero) is 1. The molecule has 0 atom stereocenters. The summed E-state index contributed by atoms with van der Waals surface area (Å²) in [6.07, 6.45) is 0.846. The van der Waals surface area contributed by atoms with E-state index in [-0.39, 0.29) is 11.7 Å². The molecule has 1 aromatic rings. The van der Waals surface area contributed by atoms with Crippen LogP contribution in [0.1, 0.15) is 29.8 Å². The molecule has 15 heavy (non-hydrogen) atoms. The predicted octanol–water partition coefficient (Wildman–Crippen LogP) is 3.07. The Hall–Kier alpha value is -1.02. The molecule has 0 heterocycles. The van der Waals surface area contributed by atoms with Gasteiger partial charge in [0, 0.05) is 5.56 Å². The average molecular weight is 227 g/mol. The second kappa shape index (κ2) is 5.76. The van der Waals surface area contributed by atoms with Crippen LogP contribution in [-0.4, -0.2) is 18.3 Å². The van der Waals surface area contributed by atoms with Gasteiger partial charge in [0.25, 0.3) is 0 Å². The summed E-state index contributed by atoms with van der Waals surface area (Å²) >= 11 is 5.50. The Bertz CT molecular complexity index is 347. The number of aryl methyl sites for hydroxylation is 1. The molecule has 1 aromatic carbocycles. The van der Waals surface area contributed by atoms with E-state index in [1.807, 2.05) is 26.0 Å². The minimum Gasteiger partial charge on any atom is -0.494 e. The molecule has 0 saturated carbocycles. The van der Waals surface area contributed by atoms with Gasteiger partial charge in [-0.3, -0.25) is 4.79 Å². The fourth-order valence-electron chi connectivity index (χ4n) is 1.40.